The Hall–Kier alpha value is -2.71. The van der Waals surface area contributed by atoms with Gasteiger partial charge in [-0.1, -0.05) is 52.9 Å². The number of H-pyrrole nitrogens is 1. The SMILES string of the molecule is Cc1cc(C)c(-c2nnc(NC(=O)CSc3nc4ccccc4[nH]3)s2)c(C)c1. The second-order valence-corrected chi connectivity index (χ2v) is 8.52. The summed E-state index contributed by atoms with van der Waals surface area (Å²) in [5.74, 6) is 0.114. The van der Waals surface area contributed by atoms with Gasteiger partial charge in [-0.15, -0.1) is 10.2 Å². The van der Waals surface area contributed by atoms with Gasteiger partial charge in [-0.25, -0.2) is 4.98 Å². The van der Waals surface area contributed by atoms with Crippen molar-refractivity contribution in [2.24, 2.45) is 0 Å². The molecule has 6 nitrogen and oxygen atoms in total. The summed E-state index contributed by atoms with van der Waals surface area (Å²) in [5.41, 5.74) is 6.48. The molecule has 1 amide bonds. The van der Waals surface area contributed by atoms with E-state index in [1.807, 2.05) is 24.3 Å². The number of aromatic amines is 1. The van der Waals surface area contributed by atoms with Crippen LogP contribution in [0, 0.1) is 20.8 Å². The van der Waals surface area contributed by atoms with Gasteiger partial charge in [0.1, 0.15) is 5.01 Å². The summed E-state index contributed by atoms with van der Waals surface area (Å²) in [6.07, 6.45) is 0. The monoisotopic (exact) mass is 409 g/mol. The number of fused-ring (bicyclic) bond motifs is 1. The third kappa shape index (κ3) is 3.93. The van der Waals surface area contributed by atoms with Gasteiger partial charge < -0.3 is 4.98 Å². The first-order valence-electron chi connectivity index (χ1n) is 8.79. The largest absolute Gasteiger partial charge is 0.333 e. The summed E-state index contributed by atoms with van der Waals surface area (Å²) in [6.45, 7) is 6.22. The zero-order valence-corrected chi connectivity index (χ0v) is 17.4. The fraction of sp³-hybridized carbons (Fsp3) is 0.200. The van der Waals surface area contributed by atoms with Crippen LogP contribution in [0.5, 0.6) is 0 Å². The summed E-state index contributed by atoms with van der Waals surface area (Å²) in [7, 11) is 0. The van der Waals surface area contributed by atoms with E-state index < -0.39 is 0 Å². The number of para-hydroxylation sites is 2. The standard InChI is InChI=1S/C20H19N5OS2/c1-11-8-12(2)17(13(3)9-11)18-24-25-20(28-18)23-16(26)10-27-19-21-14-6-4-5-7-15(14)22-19/h4-9H,10H2,1-3H3,(H,21,22)(H,23,25,26). The molecule has 8 heteroatoms. The van der Waals surface area contributed by atoms with Crippen LogP contribution in [0.2, 0.25) is 0 Å². The number of rotatable bonds is 5. The average Bonchev–Trinajstić information content (AvgIpc) is 3.25. The number of carbonyl (C=O) groups is 1. The first-order chi connectivity index (χ1) is 13.5. The van der Waals surface area contributed by atoms with Crippen molar-refractivity contribution < 1.29 is 4.79 Å². The van der Waals surface area contributed by atoms with Crippen molar-refractivity contribution in [1.29, 1.82) is 0 Å². The Morgan fingerprint density at radius 1 is 1.14 bits per heavy atom. The molecule has 0 spiro atoms. The Bertz CT molecular complexity index is 1110. The van der Waals surface area contributed by atoms with Crippen molar-refractivity contribution in [2.75, 3.05) is 11.1 Å². The molecule has 2 N–H and O–H groups in total. The van der Waals surface area contributed by atoms with Crippen molar-refractivity contribution >= 4 is 45.2 Å². The maximum atomic E-state index is 12.3. The predicted molar refractivity (Wildman–Crippen MR) is 115 cm³/mol. The number of aryl methyl sites for hydroxylation is 3. The lowest BCUT2D eigenvalue weighted by Gasteiger charge is -2.07. The van der Waals surface area contributed by atoms with Crippen molar-refractivity contribution in [3.63, 3.8) is 0 Å². The first-order valence-corrected chi connectivity index (χ1v) is 10.6. The normalized spacial score (nSPS) is 11.1. The van der Waals surface area contributed by atoms with Crippen molar-refractivity contribution in [3.8, 4) is 10.6 Å². The third-order valence-corrected chi connectivity index (χ3v) is 6.00. The van der Waals surface area contributed by atoms with Crippen LogP contribution < -0.4 is 5.32 Å². The highest BCUT2D eigenvalue weighted by Crippen LogP contribution is 2.32. The highest BCUT2D eigenvalue weighted by molar-refractivity contribution is 7.99. The Morgan fingerprint density at radius 2 is 1.89 bits per heavy atom. The van der Waals surface area contributed by atoms with E-state index in [1.165, 1.54) is 28.7 Å². The minimum Gasteiger partial charge on any atom is -0.333 e. The quantitative estimate of drug-likeness (QED) is 0.465. The highest BCUT2D eigenvalue weighted by Gasteiger charge is 2.14. The van der Waals surface area contributed by atoms with Crippen LogP contribution in [0.15, 0.2) is 41.6 Å². The van der Waals surface area contributed by atoms with Crippen LogP contribution in [0.1, 0.15) is 16.7 Å². The summed E-state index contributed by atoms with van der Waals surface area (Å²) in [5, 5.41) is 13.3. The minimum atomic E-state index is -0.134. The van der Waals surface area contributed by atoms with Gasteiger partial charge in [0.05, 0.1) is 16.8 Å². The van der Waals surface area contributed by atoms with Crippen LogP contribution in [0.25, 0.3) is 21.6 Å². The van der Waals surface area contributed by atoms with Crippen LogP contribution in [0.3, 0.4) is 0 Å². The number of nitrogens with one attached hydrogen (secondary N) is 2. The molecule has 0 aliphatic rings. The second-order valence-electron chi connectivity index (χ2n) is 6.58. The molecule has 2 heterocycles. The molecule has 0 atom stereocenters. The lowest BCUT2D eigenvalue weighted by atomic mass is 10.0. The molecule has 0 unspecified atom stereocenters. The Balaban J connectivity index is 1.41. The smallest absolute Gasteiger partial charge is 0.236 e. The molecule has 0 saturated heterocycles. The van der Waals surface area contributed by atoms with Crippen LogP contribution in [0.4, 0.5) is 5.13 Å². The molecule has 4 aromatic rings. The number of benzene rings is 2. The highest BCUT2D eigenvalue weighted by atomic mass is 32.2. The molecule has 28 heavy (non-hydrogen) atoms. The van der Waals surface area contributed by atoms with Crippen molar-refractivity contribution in [1.82, 2.24) is 20.2 Å². The van der Waals surface area contributed by atoms with Crippen LogP contribution in [-0.4, -0.2) is 31.8 Å². The van der Waals surface area contributed by atoms with Crippen molar-refractivity contribution in [3.05, 3.63) is 53.1 Å². The van der Waals surface area contributed by atoms with E-state index in [0.717, 1.165) is 37.9 Å². The second kappa shape index (κ2) is 7.73. The van der Waals surface area contributed by atoms with E-state index in [-0.39, 0.29) is 11.7 Å². The Labute approximate surface area is 170 Å². The molecule has 4 rings (SSSR count). The molecule has 0 radical (unpaired) electrons. The lowest BCUT2D eigenvalue weighted by Crippen LogP contribution is -2.13. The number of aromatic nitrogens is 4. The number of nitrogens with zero attached hydrogens (tertiary/aromatic N) is 3. The van der Waals surface area contributed by atoms with Crippen LogP contribution >= 0.6 is 23.1 Å². The number of hydrogen-bond acceptors (Lipinski definition) is 6. The van der Waals surface area contributed by atoms with Crippen molar-refractivity contribution in [2.45, 2.75) is 25.9 Å². The summed E-state index contributed by atoms with van der Waals surface area (Å²) in [4.78, 5) is 20.0. The Morgan fingerprint density at radius 3 is 2.64 bits per heavy atom. The fourth-order valence-electron chi connectivity index (χ4n) is 3.18. The predicted octanol–water partition coefficient (Wildman–Crippen LogP) is 4.74. The molecule has 0 aliphatic heterocycles. The molecule has 0 saturated carbocycles. The van der Waals surface area contributed by atoms with E-state index >= 15 is 0 Å². The number of carbonyl (C=O) groups excluding carboxylic acids is 1. The average molecular weight is 410 g/mol. The van der Waals surface area contributed by atoms with E-state index in [1.54, 1.807) is 0 Å². The van der Waals surface area contributed by atoms with Gasteiger partial charge in [0.15, 0.2) is 5.16 Å². The minimum absolute atomic E-state index is 0.134. The van der Waals surface area contributed by atoms with Gasteiger partial charge in [-0.05, 0) is 44.0 Å². The Kier molecular flexibility index (Phi) is 5.15. The van der Waals surface area contributed by atoms with E-state index in [9.17, 15) is 4.79 Å². The maximum absolute atomic E-state index is 12.3. The topological polar surface area (TPSA) is 83.6 Å². The zero-order chi connectivity index (χ0) is 19.7. The third-order valence-electron chi connectivity index (χ3n) is 4.27. The van der Waals surface area contributed by atoms with Gasteiger partial charge in [-0.2, -0.15) is 0 Å². The van der Waals surface area contributed by atoms with Gasteiger partial charge in [0.25, 0.3) is 0 Å². The summed E-state index contributed by atoms with van der Waals surface area (Å²) >= 11 is 2.75. The van der Waals surface area contributed by atoms with E-state index in [2.05, 4.69) is 58.4 Å². The number of anilines is 1. The van der Waals surface area contributed by atoms with E-state index in [4.69, 9.17) is 0 Å². The molecular weight excluding hydrogens is 390 g/mol. The number of thioether (sulfide) groups is 1. The fourth-order valence-corrected chi connectivity index (χ4v) is 4.80. The molecular formula is C20H19N5OS2. The number of amides is 1. The molecule has 2 aromatic carbocycles. The molecule has 0 bridgehead atoms. The molecule has 0 aliphatic carbocycles. The lowest BCUT2D eigenvalue weighted by molar-refractivity contribution is -0.113. The molecule has 142 valence electrons. The van der Waals surface area contributed by atoms with Crippen LogP contribution in [-0.2, 0) is 4.79 Å². The van der Waals surface area contributed by atoms with Gasteiger partial charge in [-0.3, -0.25) is 10.1 Å². The van der Waals surface area contributed by atoms with E-state index in [0.29, 0.717) is 5.13 Å². The zero-order valence-electron chi connectivity index (χ0n) is 15.7. The molecule has 2 aromatic heterocycles. The summed E-state index contributed by atoms with van der Waals surface area (Å²) in [6, 6.07) is 12.1. The molecule has 0 fully saturated rings. The number of imidazole rings is 1. The van der Waals surface area contributed by atoms with Gasteiger partial charge in [0, 0.05) is 5.56 Å². The number of hydrogen-bond donors (Lipinski definition) is 2. The summed E-state index contributed by atoms with van der Waals surface area (Å²) < 4.78 is 0. The maximum Gasteiger partial charge on any atom is 0.236 e. The van der Waals surface area contributed by atoms with Gasteiger partial charge in [0.2, 0.25) is 11.0 Å². The van der Waals surface area contributed by atoms with Gasteiger partial charge >= 0.3 is 0 Å². The first kappa shape index (κ1) is 18.6.